The molecule has 1 heterocycles. The fourth-order valence-corrected chi connectivity index (χ4v) is 3.79. The molecule has 0 amide bonds. The van der Waals surface area contributed by atoms with Crippen molar-refractivity contribution in [2.75, 3.05) is 13.1 Å². The van der Waals surface area contributed by atoms with E-state index in [-0.39, 0.29) is 0 Å². The molecule has 0 aliphatic heterocycles. The molecule has 2 atom stereocenters. The van der Waals surface area contributed by atoms with Crippen LogP contribution in [0.3, 0.4) is 0 Å². The van der Waals surface area contributed by atoms with Gasteiger partial charge in [-0.15, -0.1) is 0 Å². The Hall–Kier alpha value is -0.830. The lowest BCUT2D eigenvalue weighted by atomic mass is 9.84. The number of aromatic nitrogens is 2. The Morgan fingerprint density at radius 2 is 2.00 bits per heavy atom. The Morgan fingerprint density at radius 1 is 1.19 bits per heavy atom. The minimum Gasteiger partial charge on any atom is -0.316 e. The lowest BCUT2D eigenvalue weighted by molar-refractivity contribution is 0.244. The van der Waals surface area contributed by atoms with Crippen LogP contribution in [0.25, 0.3) is 0 Å². The van der Waals surface area contributed by atoms with Gasteiger partial charge in [0.05, 0.1) is 11.7 Å². The zero-order valence-electron chi connectivity index (χ0n) is 14.4. The second-order valence-corrected chi connectivity index (χ2v) is 6.69. The highest BCUT2D eigenvalue weighted by Gasteiger charge is 2.25. The fourth-order valence-electron chi connectivity index (χ4n) is 3.79. The minimum absolute atomic E-state index is 0.639. The number of nitrogens with one attached hydrogen (secondary N) is 1. The summed E-state index contributed by atoms with van der Waals surface area (Å²) in [6.45, 7) is 11.2. The van der Waals surface area contributed by atoms with E-state index < -0.39 is 0 Å². The van der Waals surface area contributed by atoms with Gasteiger partial charge in [-0.05, 0) is 64.1 Å². The molecule has 1 N–H and O–H groups in total. The van der Waals surface area contributed by atoms with Crippen LogP contribution in [0.4, 0.5) is 0 Å². The molecule has 2 rings (SSSR count). The molecule has 1 aliphatic carbocycles. The zero-order chi connectivity index (χ0) is 15.2. The third-order valence-electron chi connectivity index (χ3n) is 5.13. The summed E-state index contributed by atoms with van der Waals surface area (Å²) in [5.41, 5.74) is 4.12. The smallest absolute Gasteiger partial charge is 0.0629 e. The van der Waals surface area contributed by atoms with Crippen LogP contribution in [0.2, 0.25) is 0 Å². The van der Waals surface area contributed by atoms with Crippen molar-refractivity contribution in [3.05, 3.63) is 17.0 Å². The number of aryl methyl sites for hydroxylation is 1. The molecule has 0 aromatic carbocycles. The van der Waals surface area contributed by atoms with Gasteiger partial charge in [-0.3, -0.25) is 4.68 Å². The van der Waals surface area contributed by atoms with E-state index in [1.54, 1.807) is 0 Å². The lowest BCUT2D eigenvalue weighted by Gasteiger charge is -2.29. The topological polar surface area (TPSA) is 29.9 Å². The second-order valence-electron chi connectivity index (χ2n) is 6.69. The van der Waals surface area contributed by atoms with Crippen LogP contribution in [0.5, 0.6) is 0 Å². The summed E-state index contributed by atoms with van der Waals surface area (Å²) in [4.78, 5) is 0. The Bertz CT molecular complexity index is 436. The maximum Gasteiger partial charge on any atom is 0.0629 e. The SMILES string of the molecule is CCCNCCc1c(C)nn(C2CCCC(CC)C2)c1C. The average Bonchev–Trinajstić information content (AvgIpc) is 2.79. The number of rotatable bonds is 7. The van der Waals surface area contributed by atoms with Crippen LogP contribution in [-0.2, 0) is 6.42 Å². The highest BCUT2D eigenvalue weighted by Crippen LogP contribution is 2.35. The van der Waals surface area contributed by atoms with Crippen molar-refractivity contribution in [2.45, 2.75) is 78.7 Å². The normalized spacial score (nSPS) is 22.7. The van der Waals surface area contributed by atoms with E-state index in [1.807, 2.05) is 0 Å². The molecule has 0 spiro atoms. The van der Waals surface area contributed by atoms with Crippen molar-refractivity contribution >= 4 is 0 Å². The first kappa shape index (κ1) is 16.5. The maximum atomic E-state index is 4.89. The first-order valence-electron chi connectivity index (χ1n) is 8.92. The van der Waals surface area contributed by atoms with Crippen molar-refractivity contribution < 1.29 is 0 Å². The Balaban J connectivity index is 2.03. The molecular formula is C18H33N3. The Morgan fingerprint density at radius 3 is 2.71 bits per heavy atom. The quantitative estimate of drug-likeness (QED) is 0.764. The molecule has 0 saturated heterocycles. The van der Waals surface area contributed by atoms with Crippen LogP contribution in [0.1, 0.15) is 75.4 Å². The summed E-state index contributed by atoms with van der Waals surface area (Å²) in [5.74, 6) is 0.905. The fraction of sp³-hybridized carbons (Fsp3) is 0.833. The maximum absolute atomic E-state index is 4.89. The van der Waals surface area contributed by atoms with Gasteiger partial charge >= 0.3 is 0 Å². The molecule has 1 aromatic heterocycles. The molecule has 3 heteroatoms. The first-order valence-corrected chi connectivity index (χ1v) is 8.92. The molecule has 0 radical (unpaired) electrons. The van der Waals surface area contributed by atoms with E-state index in [0.717, 1.165) is 25.4 Å². The summed E-state index contributed by atoms with van der Waals surface area (Å²) in [6.07, 6.45) is 9.07. The van der Waals surface area contributed by atoms with E-state index in [2.05, 4.69) is 37.7 Å². The standard InChI is InChI=1S/C18H33N3/c1-5-11-19-12-10-18-14(3)20-21(15(18)4)17-9-7-8-16(6-2)13-17/h16-17,19H,5-13H2,1-4H3. The van der Waals surface area contributed by atoms with Crippen molar-refractivity contribution in [1.29, 1.82) is 0 Å². The van der Waals surface area contributed by atoms with Gasteiger partial charge in [-0.1, -0.05) is 33.1 Å². The van der Waals surface area contributed by atoms with Crippen molar-refractivity contribution in [2.24, 2.45) is 5.92 Å². The molecule has 1 saturated carbocycles. The third-order valence-corrected chi connectivity index (χ3v) is 5.13. The molecule has 1 aliphatic rings. The molecule has 0 bridgehead atoms. The summed E-state index contributed by atoms with van der Waals surface area (Å²) >= 11 is 0. The molecule has 3 nitrogen and oxygen atoms in total. The van der Waals surface area contributed by atoms with Crippen LogP contribution in [0, 0.1) is 19.8 Å². The van der Waals surface area contributed by atoms with E-state index >= 15 is 0 Å². The molecule has 1 fully saturated rings. The van der Waals surface area contributed by atoms with Crippen molar-refractivity contribution in [3.63, 3.8) is 0 Å². The number of hydrogen-bond acceptors (Lipinski definition) is 2. The summed E-state index contributed by atoms with van der Waals surface area (Å²) in [6, 6.07) is 0.639. The first-order chi connectivity index (χ1) is 10.2. The van der Waals surface area contributed by atoms with Gasteiger partial charge in [0, 0.05) is 5.69 Å². The van der Waals surface area contributed by atoms with Crippen LogP contribution >= 0.6 is 0 Å². The van der Waals surface area contributed by atoms with Gasteiger partial charge in [-0.25, -0.2) is 0 Å². The predicted octanol–water partition coefficient (Wildman–Crippen LogP) is 4.18. The molecule has 120 valence electrons. The minimum atomic E-state index is 0.639. The number of nitrogens with zero attached hydrogens (tertiary/aromatic N) is 2. The van der Waals surface area contributed by atoms with Gasteiger partial charge in [-0.2, -0.15) is 5.10 Å². The van der Waals surface area contributed by atoms with Crippen molar-refractivity contribution in [1.82, 2.24) is 15.1 Å². The van der Waals surface area contributed by atoms with E-state index in [1.165, 1.54) is 55.5 Å². The monoisotopic (exact) mass is 291 g/mol. The van der Waals surface area contributed by atoms with E-state index in [4.69, 9.17) is 5.10 Å². The average molecular weight is 291 g/mol. The van der Waals surface area contributed by atoms with Gasteiger partial charge in [0.2, 0.25) is 0 Å². The second kappa shape index (κ2) is 7.98. The van der Waals surface area contributed by atoms with E-state index in [9.17, 15) is 0 Å². The summed E-state index contributed by atoms with van der Waals surface area (Å²) in [5, 5.41) is 8.40. The van der Waals surface area contributed by atoms with Gasteiger partial charge < -0.3 is 5.32 Å². The van der Waals surface area contributed by atoms with Gasteiger partial charge in [0.25, 0.3) is 0 Å². The summed E-state index contributed by atoms with van der Waals surface area (Å²) in [7, 11) is 0. The van der Waals surface area contributed by atoms with Gasteiger partial charge in [0.1, 0.15) is 0 Å². The zero-order valence-corrected chi connectivity index (χ0v) is 14.4. The summed E-state index contributed by atoms with van der Waals surface area (Å²) < 4.78 is 2.35. The van der Waals surface area contributed by atoms with E-state index in [0.29, 0.717) is 6.04 Å². The Kier molecular flexibility index (Phi) is 6.28. The molecular weight excluding hydrogens is 258 g/mol. The number of hydrogen-bond donors (Lipinski definition) is 1. The van der Waals surface area contributed by atoms with Gasteiger partial charge in [0.15, 0.2) is 0 Å². The molecule has 2 unspecified atom stereocenters. The van der Waals surface area contributed by atoms with Crippen LogP contribution < -0.4 is 5.32 Å². The highest BCUT2D eigenvalue weighted by atomic mass is 15.3. The Labute approximate surface area is 130 Å². The largest absolute Gasteiger partial charge is 0.316 e. The molecule has 21 heavy (non-hydrogen) atoms. The van der Waals surface area contributed by atoms with Crippen LogP contribution in [0.15, 0.2) is 0 Å². The molecule has 1 aromatic rings. The lowest BCUT2D eigenvalue weighted by Crippen LogP contribution is -2.21. The van der Waals surface area contributed by atoms with Crippen LogP contribution in [-0.4, -0.2) is 22.9 Å². The predicted molar refractivity (Wildman–Crippen MR) is 89.9 cm³/mol. The highest BCUT2D eigenvalue weighted by molar-refractivity contribution is 5.25. The third kappa shape index (κ3) is 4.09. The van der Waals surface area contributed by atoms with Crippen molar-refractivity contribution in [3.8, 4) is 0 Å².